The summed E-state index contributed by atoms with van der Waals surface area (Å²) in [7, 11) is 0. The Kier molecular flexibility index (Phi) is 5.57. The summed E-state index contributed by atoms with van der Waals surface area (Å²) in [4.78, 5) is 14.6. The Hall–Kier alpha value is -2.09. The van der Waals surface area contributed by atoms with Gasteiger partial charge in [-0.1, -0.05) is 36.7 Å². The summed E-state index contributed by atoms with van der Waals surface area (Å²) in [6, 6.07) is 6.27. The number of halogens is 1. The molecule has 1 aliphatic heterocycles. The average molecular weight is 363 g/mol. The summed E-state index contributed by atoms with van der Waals surface area (Å²) in [5, 5.41) is 8.10. The molecular formula is C17H22FN5OS. The van der Waals surface area contributed by atoms with Crippen LogP contribution in [0.3, 0.4) is 0 Å². The third kappa shape index (κ3) is 3.95. The number of nitrogen functional groups attached to an aromatic ring is 1. The molecule has 1 aromatic carbocycles. The van der Waals surface area contributed by atoms with E-state index < -0.39 is 5.82 Å². The second kappa shape index (κ2) is 7.86. The molecule has 6 nitrogen and oxygen atoms in total. The van der Waals surface area contributed by atoms with Crippen LogP contribution in [0.15, 0.2) is 29.4 Å². The maximum Gasteiger partial charge on any atom is 0.235 e. The molecule has 3 rings (SSSR count). The molecule has 1 fully saturated rings. The van der Waals surface area contributed by atoms with Gasteiger partial charge in [0.1, 0.15) is 5.82 Å². The molecule has 2 aromatic rings. The molecule has 25 heavy (non-hydrogen) atoms. The molecule has 1 atom stereocenters. The van der Waals surface area contributed by atoms with Gasteiger partial charge in [0.15, 0.2) is 5.82 Å². The predicted molar refractivity (Wildman–Crippen MR) is 95.9 cm³/mol. The van der Waals surface area contributed by atoms with Crippen LogP contribution in [0.2, 0.25) is 0 Å². The van der Waals surface area contributed by atoms with E-state index in [-0.39, 0.29) is 22.5 Å². The molecule has 1 saturated heterocycles. The highest BCUT2D eigenvalue weighted by molar-refractivity contribution is 8.00. The fourth-order valence-corrected chi connectivity index (χ4v) is 3.79. The first-order valence-electron chi connectivity index (χ1n) is 8.48. The van der Waals surface area contributed by atoms with Crippen LogP contribution >= 0.6 is 11.8 Å². The van der Waals surface area contributed by atoms with Crippen LogP contribution in [0, 0.1) is 5.82 Å². The first-order chi connectivity index (χ1) is 12.1. The number of carbonyl (C=O) groups excluding carboxylic acids is 1. The van der Waals surface area contributed by atoms with Crippen LogP contribution in [0.1, 0.15) is 32.6 Å². The standard InChI is InChI=1S/C17H22FN5OS/c1-12(16(24)22-10-6-2-3-7-11-22)25-17-21-20-15(23(17)19)13-8-4-5-9-14(13)18/h4-5,8-9,12H,2-3,6-7,10-11,19H2,1H3/t12-/m0/s1. The van der Waals surface area contributed by atoms with Gasteiger partial charge < -0.3 is 10.7 Å². The number of aromatic nitrogens is 3. The summed E-state index contributed by atoms with van der Waals surface area (Å²) in [5.41, 5.74) is 0.288. The first-order valence-corrected chi connectivity index (χ1v) is 9.36. The second-order valence-corrected chi connectivity index (χ2v) is 7.46. The van der Waals surface area contributed by atoms with Crippen LogP contribution in [-0.4, -0.2) is 44.0 Å². The Labute approximate surface area is 150 Å². The zero-order valence-electron chi connectivity index (χ0n) is 14.2. The minimum atomic E-state index is -0.410. The van der Waals surface area contributed by atoms with Gasteiger partial charge in [0.2, 0.25) is 11.1 Å². The number of carbonyl (C=O) groups is 1. The zero-order valence-corrected chi connectivity index (χ0v) is 15.0. The maximum atomic E-state index is 13.9. The van der Waals surface area contributed by atoms with E-state index in [2.05, 4.69) is 10.2 Å². The molecular weight excluding hydrogens is 341 g/mol. The van der Waals surface area contributed by atoms with Crippen LogP contribution in [-0.2, 0) is 4.79 Å². The van der Waals surface area contributed by atoms with Gasteiger partial charge in [-0.15, -0.1) is 10.2 Å². The van der Waals surface area contributed by atoms with Crippen molar-refractivity contribution in [2.75, 3.05) is 18.9 Å². The smallest absolute Gasteiger partial charge is 0.235 e. The Morgan fingerprint density at radius 1 is 1.20 bits per heavy atom. The van der Waals surface area contributed by atoms with Gasteiger partial charge in [-0.05, 0) is 31.9 Å². The van der Waals surface area contributed by atoms with Gasteiger partial charge in [0.25, 0.3) is 0 Å². The summed E-state index contributed by atoms with van der Waals surface area (Å²) in [5.74, 6) is 5.96. The molecule has 1 amide bonds. The van der Waals surface area contributed by atoms with Crippen molar-refractivity contribution >= 4 is 17.7 Å². The summed E-state index contributed by atoms with van der Waals surface area (Å²) >= 11 is 1.25. The summed E-state index contributed by atoms with van der Waals surface area (Å²) < 4.78 is 15.2. The van der Waals surface area contributed by atoms with E-state index in [1.165, 1.54) is 35.3 Å². The van der Waals surface area contributed by atoms with E-state index in [1.807, 2.05) is 11.8 Å². The Balaban J connectivity index is 1.73. The quantitative estimate of drug-likeness (QED) is 0.667. The van der Waals surface area contributed by atoms with Crippen molar-refractivity contribution in [3.63, 3.8) is 0 Å². The van der Waals surface area contributed by atoms with E-state index in [9.17, 15) is 9.18 Å². The molecule has 8 heteroatoms. The predicted octanol–water partition coefficient (Wildman–Crippen LogP) is 2.68. The molecule has 0 saturated carbocycles. The first kappa shape index (κ1) is 17.7. The fraction of sp³-hybridized carbons (Fsp3) is 0.471. The van der Waals surface area contributed by atoms with Crippen molar-refractivity contribution in [3.05, 3.63) is 30.1 Å². The number of nitrogens with zero attached hydrogens (tertiary/aromatic N) is 4. The molecule has 0 radical (unpaired) electrons. The van der Waals surface area contributed by atoms with Gasteiger partial charge in [0, 0.05) is 13.1 Å². The Morgan fingerprint density at radius 2 is 1.88 bits per heavy atom. The van der Waals surface area contributed by atoms with Crippen molar-refractivity contribution in [3.8, 4) is 11.4 Å². The molecule has 1 aliphatic rings. The molecule has 1 aromatic heterocycles. The van der Waals surface area contributed by atoms with E-state index in [1.54, 1.807) is 18.2 Å². The minimum Gasteiger partial charge on any atom is -0.342 e. The van der Waals surface area contributed by atoms with E-state index in [0.717, 1.165) is 25.9 Å². The highest BCUT2D eigenvalue weighted by Gasteiger charge is 2.25. The number of amides is 1. The Morgan fingerprint density at radius 3 is 2.56 bits per heavy atom. The molecule has 0 aliphatic carbocycles. The Bertz CT molecular complexity index is 742. The van der Waals surface area contributed by atoms with Crippen LogP contribution < -0.4 is 5.84 Å². The normalized spacial score (nSPS) is 16.5. The largest absolute Gasteiger partial charge is 0.342 e. The number of nitrogens with two attached hydrogens (primary N) is 1. The number of hydrogen-bond acceptors (Lipinski definition) is 5. The third-order valence-electron chi connectivity index (χ3n) is 4.33. The molecule has 2 heterocycles. The monoisotopic (exact) mass is 363 g/mol. The van der Waals surface area contributed by atoms with E-state index >= 15 is 0 Å². The number of likely N-dealkylation sites (tertiary alicyclic amines) is 1. The number of thioether (sulfide) groups is 1. The SMILES string of the molecule is C[C@H](Sc1nnc(-c2ccccc2F)n1N)C(=O)N1CCCCCC1. The number of hydrogen-bond donors (Lipinski definition) is 1. The lowest BCUT2D eigenvalue weighted by molar-refractivity contribution is -0.130. The van der Waals surface area contributed by atoms with Crippen LogP contribution in [0.4, 0.5) is 4.39 Å². The highest BCUT2D eigenvalue weighted by Crippen LogP contribution is 2.27. The molecule has 2 N–H and O–H groups in total. The molecule has 0 spiro atoms. The van der Waals surface area contributed by atoms with Gasteiger partial charge in [-0.2, -0.15) is 0 Å². The van der Waals surface area contributed by atoms with Crippen molar-refractivity contribution in [1.29, 1.82) is 0 Å². The van der Waals surface area contributed by atoms with Crippen LogP contribution in [0.5, 0.6) is 0 Å². The third-order valence-corrected chi connectivity index (χ3v) is 5.37. The number of rotatable bonds is 4. The maximum absolute atomic E-state index is 13.9. The summed E-state index contributed by atoms with van der Waals surface area (Å²) in [6.07, 6.45) is 4.45. The second-order valence-electron chi connectivity index (χ2n) is 6.16. The van der Waals surface area contributed by atoms with Crippen molar-refractivity contribution in [2.45, 2.75) is 43.0 Å². The van der Waals surface area contributed by atoms with E-state index in [4.69, 9.17) is 5.84 Å². The lowest BCUT2D eigenvalue weighted by Crippen LogP contribution is -2.37. The highest BCUT2D eigenvalue weighted by atomic mass is 32.2. The fourth-order valence-electron chi connectivity index (χ4n) is 2.94. The lowest BCUT2D eigenvalue weighted by Gasteiger charge is -2.23. The van der Waals surface area contributed by atoms with Gasteiger partial charge in [0.05, 0.1) is 10.8 Å². The van der Waals surface area contributed by atoms with Crippen molar-refractivity contribution in [1.82, 2.24) is 19.8 Å². The van der Waals surface area contributed by atoms with Crippen LogP contribution in [0.25, 0.3) is 11.4 Å². The topological polar surface area (TPSA) is 77.0 Å². The lowest BCUT2D eigenvalue weighted by atomic mass is 10.2. The van der Waals surface area contributed by atoms with Gasteiger partial charge >= 0.3 is 0 Å². The molecule has 134 valence electrons. The number of benzene rings is 1. The van der Waals surface area contributed by atoms with Crippen molar-refractivity contribution in [2.24, 2.45) is 0 Å². The average Bonchev–Trinajstić information content (AvgIpc) is 2.81. The minimum absolute atomic E-state index is 0.0855. The van der Waals surface area contributed by atoms with Gasteiger partial charge in [-0.3, -0.25) is 4.79 Å². The van der Waals surface area contributed by atoms with E-state index in [0.29, 0.717) is 5.16 Å². The van der Waals surface area contributed by atoms with Gasteiger partial charge in [-0.25, -0.2) is 9.07 Å². The summed E-state index contributed by atoms with van der Waals surface area (Å²) in [6.45, 7) is 3.45. The zero-order chi connectivity index (χ0) is 17.8. The van der Waals surface area contributed by atoms with Crippen molar-refractivity contribution < 1.29 is 9.18 Å². The molecule has 0 bridgehead atoms. The molecule has 0 unspecified atom stereocenters.